The molecule has 10 heteroatoms. The van der Waals surface area contributed by atoms with Crippen molar-refractivity contribution >= 4 is 18.3 Å². The third-order valence-corrected chi connectivity index (χ3v) is 2.76. The van der Waals surface area contributed by atoms with Crippen molar-refractivity contribution in [1.82, 2.24) is 5.32 Å². The highest BCUT2D eigenvalue weighted by atomic mass is 19.2. The second-order valence-electron chi connectivity index (χ2n) is 4.34. The molecule has 0 unspecified atom stereocenters. The zero-order valence-electron chi connectivity index (χ0n) is 12.6. The van der Waals surface area contributed by atoms with Crippen molar-refractivity contribution < 1.29 is 36.9 Å². The topological polar surface area (TPSA) is 80.2 Å². The fourth-order valence-electron chi connectivity index (χ4n) is 1.67. The Bertz CT molecular complexity index is 570. The van der Waals surface area contributed by atoms with Gasteiger partial charge in [-0.3, -0.25) is 9.79 Å². The summed E-state index contributed by atoms with van der Waals surface area (Å²) >= 11 is 0. The number of nitrogens with zero attached hydrogens (tertiary/aromatic N) is 1. The van der Waals surface area contributed by atoms with Crippen LogP contribution in [-0.4, -0.2) is 57.3 Å². The number of hydrogen-bond donors (Lipinski definition) is 2. The number of ether oxygens (including phenoxy) is 2. The highest BCUT2D eigenvalue weighted by Gasteiger charge is 2.28. The van der Waals surface area contributed by atoms with Gasteiger partial charge in [0.05, 0.1) is 33.0 Å². The summed E-state index contributed by atoms with van der Waals surface area (Å²) in [6, 6.07) is 0. The van der Waals surface area contributed by atoms with Crippen LogP contribution in [0.25, 0.3) is 0 Å². The summed E-state index contributed by atoms with van der Waals surface area (Å²) in [6.45, 7) is 3.05. The normalized spacial score (nSPS) is 10.7. The van der Waals surface area contributed by atoms with Crippen molar-refractivity contribution in [2.45, 2.75) is 0 Å². The number of aliphatic hydroxyl groups is 1. The average molecular weight is 352 g/mol. The predicted molar refractivity (Wildman–Crippen MR) is 76.5 cm³/mol. The van der Waals surface area contributed by atoms with Crippen molar-refractivity contribution in [3.63, 3.8) is 0 Å². The van der Waals surface area contributed by atoms with Gasteiger partial charge in [-0.25, -0.2) is 17.6 Å². The molecule has 0 aliphatic heterocycles. The van der Waals surface area contributed by atoms with E-state index in [0.29, 0.717) is 0 Å². The summed E-state index contributed by atoms with van der Waals surface area (Å²) in [5.74, 6) is -8.64. The SMILES string of the molecule is C=Nc1c(F)c(F)c(C(=O)NCCOCCOCCO)c(F)c1F. The minimum Gasteiger partial charge on any atom is -0.394 e. The Labute approximate surface area is 135 Å². The van der Waals surface area contributed by atoms with Crippen LogP contribution in [0.15, 0.2) is 4.99 Å². The van der Waals surface area contributed by atoms with Crippen molar-refractivity contribution in [3.05, 3.63) is 28.8 Å². The first-order chi connectivity index (χ1) is 11.5. The van der Waals surface area contributed by atoms with Gasteiger partial charge in [0.25, 0.3) is 5.91 Å². The average Bonchev–Trinajstić information content (AvgIpc) is 2.56. The third kappa shape index (κ3) is 4.98. The first-order valence-corrected chi connectivity index (χ1v) is 6.82. The first-order valence-electron chi connectivity index (χ1n) is 6.82. The number of amides is 1. The molecular weight excluding hydrogens is 336 g/mol. The van der Waals surface area contributed by atoms with Gasteiger partial charge in [-0.2, -0.15) is 0 Å². The molecule has 0 heterocycles. The Morgan fingerprint density at radius 1 is 1.00 bits per heavy atom. The molecule has 0 aromatic heterocycles. The van der Waals surface area contributed by atoms with Crippen LogP contribution < -0.4 is 5.32 Å². The number of hydrogen-bond acceptors (Lipinski definition) is 5. The molecule has 1 amide bonds. The van der Waals surface area contributed by atoms with E-state index >= 15 is 0 Å². The molecule has 2 N–H and O–H groups in total. The molecule has 24 heavy (non-hydrogen) atoms. The Balaban J connectivity index is 2.59. The van der Waals surface area contributed by atoms with Crippen LogP contribution in [-0.2, 0) is 9.47 Å². The summed E-state index contributed by atoms with van der Waals surface area (Å²) in [4.78, 5) is 14.5. The minimum atomic E-state index is -1.85. The van der Waals surface area contributed by atoms with Gasteiger partial charge in [0, 0.05) is 6.54 Å². The van der Waals surface area contributed by atoms with Crippen LogP contribution in [0, 0.1) is 23.3 Å². The quantitative estimate of drug-likeness (QED) is 0.288. The largest absolute Gasteiger partial charge is 0.394 e. The molecule has 0 aliphatic carbocycles. The van der Waals surface area contributed by atoms with Crippen molar-refractivity contribution in [2.75, 3.05) is 39.6 Å². The van der Waals surface area contributed by atoms with E-state index in [0.717, 1.165) is 0 Å². The Kier molecular flexibility index (Phi) is 8.30. The molecule has 0 fully saturated rings. The molecule has 0 radical (unpaired) electrons. The molecular formula is C14H16F4N2O4. The molecule has 1 rings (SSSR count). The molecule has 1 aromatic rings. The van der Waals surface area contributed by atoms with E-state index in [4.69, 9.17) is 14.6 Å². The van der Waals surface area contributed by atoms with Crippen LogP contribution in [0.1, 0.15) is 10.4 Å². The lowest BCUT2D eigenvalue weighted by molar-refractivity contribution is 0.0338. The van der Waals surface area contributed by atoms with Gasteiger partial charge in [-0.1, -0.05) is 0 Å². The number of halogens is 4. The Morgan fingerprint density at radius 3 is 2.04 bits per heavy atom. The predicted octanol–water partition coefficient (Wildman–Crippen LogP) is 1.33. The number of carbonyl (C=O) groups excluding carboxylic acids is 1. The van der Waals surface area contributed by atoms with Crippen molar-refractivity contribution in [3.8, 4) is 0 Å². The van der Waals surface area contributed by atoms with Crippen LogP contribution in [0.4, 0.5) is 23.2 Å². The van der Waals surface area contributed by atoms with Gasteiger partial charge in [-0.05, 0) is 6.72 Å². The molecule has 0 spiro atoms. The van der Waals surface area contributed by atoms with E-state index in [1.54, 1.807) is 0 Å². The smallest absolute Gasteiger partial charge is 0.257 e. The second kappa shape index (κ2) is 9.96. The number of nitrogens with one attached hydrogen (secondary N) is 1. The van der Waals surface area contributed by atoms with Gasteiger partial charge >= 0.3 is 0 Å². The van der Waals surface area contributed by atoms with Gasteiger partial charge in [0.2, 0.25) is 0 Å². The zero-order chi connectivity index (χ0) is 18.1. The molecule has 0 saturated heterocycles. The highest BCUT2D eigenvalue weighted by Crippen LogP contribution is 2.29. The fourth-order valence-corrected chi connectivity index (χ4v) is 1.67. The van der Waals surface area contributed by atoms with E-state index in [-0.39, 0.29) is 39.6 Å². The third-order valence-electron chi connectivity index (χ3n) is 2.76. The lowest BCUT2D eigenvalue weighted by atomic mass is 10.1. The Morgan fingerprint density at radius 2 is 1.54 bits per heavy atom. The van der Waals surface area contributed by atoms with Crippen LogP contribution in [0.5, 0.6) is 0 Å². The summed E-state index contributed by atoms with van der Waals surface area (Å²) in [7, 11) is 0. The second-order valence-corrected chi connectivity index (χ2v) is 4.34. The van der Waals surface area contributed by atoms with Crippen LogP contribution in [0.3, 0.4) is 0 Å². The molecule has 134 valence electrons. The van der Waals surface area contributed by atoms with Gasteiger partial charge < -0.3 is 19.9 Å². The van der Waals surface area contributed by atoms with E-state index < -0.39 is 40.4 Å². The maximum Gasteiger partial charge on any atom is 0.257 e. The van der Waals surface area contributed by atoms with Crippen LogP contribution >= 0.6 is 0 Å². The first kappa shape index (κ1) is 20.0. The number of aliphatic imine (C=N–C) groups is 1. The summed E-state index contributed by atoms with van der Waals surface area (Å²) in [6.07, 6.45) is 0. The molecule has 0 aliphatic rings. The van der Waals surface area contributed by atoms with E-state index in [2.05, 4.69) is 17.0 Å². The fraction of sp³-hybridized carbons (Fsp3) is 0.429. The maximum atomic E-state index is 13.7. The minimum absolute atomic E-state index is 0.0191. The van der Waals surface area contributed by atoms with E-state index in [1.807, 2.05) is 0 Å². The number of benzene rings is 1. The van der Waals surface area contributed by atoms with Crippen molar-refractivity contribution in [2.24, 2.45) is 4.99 Å². The zero-order valence-corrected chi connectivity index (χ0v) is 12.6. The lowest BCUT2D eigenvalue weighted by Crippen LogP contribution is -2.30. The number of carbonyl (C=O) groups is 1. The van der Waals surface area contributed by atoms with Crippen molar-refractivity contribution in [1.29, 1.82) is 0 Å². The van der Waals surface area contributed by atoms with Gasteiger partial charge in [0.15, 0.2) is 23.3 Å². The number of rotatable bonds is 10. The molecule has 0 atom stereocenters. The van der Waals surface area contributed by atoms with Gasteiger partial charge in [-0.15, -0.1) is 0 Å². The van der Waals surface area contributed by atoms with E-state index in [1.165, 1.54) is 0 Å². The highest BCUT2D eigenvalue weighted by molar-refractivity contribution is 5.95. The number of aliphatic hydroxyl groups excluding tert-OH is 1. The summed E-state index contributed by atoms with van der Waals surface area (Å²) < 4.78 is 64.3. The van der Waals surface area contributed by atoms with Crippen LogP contribution in [0.2, 0.25) is 0 Å². The summed E-state index contributed by atoms with van der Waals surface area (Å²) in [5, 5.41) is 10.5. The van der Waals surface area contributed by atoms with Gasteiger partial charge in [0.1, 0.15) is 11.3 Å². The molecule has 0 saturated carbocycles. The Hall–Kier alpha value is -2.04. The van der Waals surface area contributed by atoms with E-state index in [9.17, 15) is 22.4 Å². The standard InChI is InChI=1S/C14H16F4N2O4/c1-19-13-11(17)9(15)8(10(16)12(13)18)14(22)20-2-4-23-6-7-24-5-3-21/h21H,1-7H2,(H,20,22). The lowest BCUT2D eigenvalue weighted by Gasteiger charge is -2.10. The molecule has 1 aromatic carbocycles. The maximum absolute atomic E-state index is 13.7. The summed E-state index contributed by atoms with van der Waals surface area (Å²) in [5.41, 5.74) is -2.61. The monoisotopic (exact) mass is 352 g/mol. The molecule has 6 nitrogen and oxygen atoms in total. The molecule has 0 bridgehead atoms.